The average Bonchev–Trinajstić information content (AvgIpc) is 3.44. The first-order valence-corrected chi connectivity index (χ1v) is 15.4. The van der Waals surface area contributed by atoms with Gasteiger partial charge in [0, 0.05) is 24.2 Å². The molecule has 12 heteroatoms. The van der Waals surface area contributed by atoms with Gasteiger partial charge in [0.2, 0.25) is 10.0 Å². The molecule has 2 saturated carbocycles. The number of fused-ring (bicyclic) bond motifs is 6. The zero-order valence-corrected chi connectivity index (χ0v) is 21.6. The molecular weight excluding hydrogens is 516 g/mol. The van der Waals surface area contributed by atoms with Crippen LogP contribution >= 0.6 is 0 Å². The summed E-state index contributed by atoms with van der Waals surface area (Å²) in [5, 5.41) is 14.3. The molecule has 2 aliphatic heterocycles. The van der Waals surface area contributed by atoms with Crippen LogP contribution in [-0.4, -0.2) is 50.9 Å². The van der Waals surface area contributed by atoms with Crippen molar-refractivity contribution in [2.45, 2.75) is 36.7 Å². The molecule has 6 rings (SSSR count). The number of nitrogens with zero attached hydrogens (tertiary/aromatic N) is 2. The molecule has 2 aromatic carbocycles. The number of aliphatic hydroxyl groups excluding tert-OH is 1. The van der Waals surface area contributed by atoms with E-state index in [1.54, 1.807) is 4.90 Å². The Morgan fingerprint density at radius 2 is 1.86 bits per heavy atom. The Bertz CT molecular complexity index is 1580. The predicted octanol–water partition coefficient (Wildman–Crippen LogP) is 2.84. The molecule has 10 nitrogen and oxygen atoms in total. The van der Waals surface area contributed by atoms with E-state index in [0.717, 1.165) is 31.1 Å². The van der Waals surface area contributed by atoms with E-state index in [4.69, 9.17) is 0 Å². The number of sulfonamides is 2. The van der Waals surface area contributed by atoms with Crippen molar-refractivity contribution in [1.82, 2.24) is 4.90 Å². The molecule has 1 amide bonds. The maximum Gasteiger partial charge on any atom is 0.286 e. The molecule has 0 saturated heterocycles. The molecule has 0 spiro atoms. The Hall–Kier alpha value is -3.38. The first-order valence-electron chi connectivity index (χ1n) is 12.0. The van der Waals surface area contributed by atoms with E-state index in [0.29, 0.717) is 6.54 Å². The number of rotatable bonds is 5. The maximum atomic E-state index is 13.9. The molecule has 2 aromatic rings. The summed E-state index contributed by atoms with van der Waals surface area (Å²) in [4.78, 5) is 15.4. The summed E-state index contributed by atoms with van der Waals surface area (Å²) >= 11 is 0. The van der Waals surface area contributed by atoms with Gasteiger partial charge in [-0.3, -0.25) is 9.52 Å². The minimum atomic E-state index is -4.30. The zero-order valence-electron chi connectivity index (χ0n) is 20.0. The van der Waals surface area contributed by atoms with Crippen LogP contribution in [0.1, 0.15) is 24.8 Å². The second-order valence-electron chi connectivity index (χ2n) is 10.2. The van der Waals surface area contributed by atoms with Crippen molar-refractivity contribution in [1.29, 1.82) is 0 Å². The lowest BCUT2D eigenvalue weighted by Gasteiger charge is -2.44. The monoisotopic (exact) mass is 542 g/mol. The Labute approximate surface area is 215 Å². The van der Waals surface area contributed by atoms with Crippen molar-refractivity contribution in [2.24, 2.45) is 22.2 Å². The minimum absolute atomic E-state index is 0.0694. The van der Waals surface area contributed by atoms with E-state index in [1.165, 1.54) is 18.2 Å². The van der Waals surface area contributed by atoms with Crippen LogP contribution < -0.4 is 10.0 Å². The molecule has 2 heterocycles. The number of aliphatic hydroxyl groups is 1. The molecular formula is C25H26N4O6S2. The van der Waals surface area contributed by atoms with Crippen LogP contribution in [-0.2, 0) is 31.4 Å². The van der Waals surface area contributed by atoms with Crippen molar-refractivity contribution in [3.8, 4) is 0 Å². The summed E-state index contributed by atoms with van der Waals surface area (Å²) < 4.78 is 55.6. The fourth-order valence-corrected chi connectivity index (χ4v) is 8.08. The van der Waals surface area contributed by atoms with Crippen molar-refractivity contribution >= 4 is 43.2 Å². The van der Waals surface area contributed by atoms with Gasteiger partial charge in [-0.15, -0.1) is 4.40 Å². The molecule has 4 atom stereocenters. The number of benzene rings is 2. The van der Waals surface area contributed by atoms with Gasteiger partial charge in [-0.2, -0.15) is 8.42 Å². The van der Waals surface area contributed by atoms with Crippen LogP contribution in [0.5, 0.6) is 0 Å². The number of carbonyl (C=O) groups excluding carboxylic acids is 1. The van der Waals surface area contributed by atoms with Crippen LogP contribution in [0.2, 0.25) is 0 Å². The summed E-state index contributed by atoms with van der Waals surface area (Å²) in [6, 6.07) is 13.4. The van der Waals surface area contributed by atoms with Crippen molar-refractivity contribution in [2.75, 3.05) is 16.3 Å². The second kappa shape index (κ2) is 8.32. The molecule has 4 aliphatic rings. The highest BCUT2D eigenvalue weighted by Gasteiger charge is 2.57. The minimum Gasteiger partial charge on any atom is -0.511 e. The first-order chi connectivity index (χ1) is 17.5. The van der Waals surface area contributed by atoms with Crippen LogP contribution in [0.15, 0.2) is 69.2 Å². The van der Waals surface area contributed by atoms with E-state index in [2.05, 4.69) is 14.4 Å². The van der Waals surface area contributed by atoms with Crippen molar-refractivity contribution in [3.63, 3.8) is 0 Å². The average molecular weight is 543 g/mol. The summed E-state index contributed by atoms with van der Waals surface area (Å²) in [5.74, 6) is -0.558. The second-order valence-corrected chi connectivity index (χ2v) is 13.5. The third kappa shape index (κ3) is 4.08. The van der Waals surface area contributed by atoms with E-state index in [-0.39, 0.29) is 57.2 Å². The summed E-state index contributed by atoms with van der Waals surface area (Å²) in [6.07, 6.45) is 3.83. The van der Waals surface area contributed by atoms with Crippen LogP contribution in [0.4, 0.5) is 11.4 Å². The number of amides is 1. The lowest BCUT2D eigenvalue weighted by atomic mass is 9.77. The quantitative estimate of drug-likeness (QED) is 0.527. The van der Waals surface area contributed by atoms with E-state index < -0.39 is 26.0 Å². The largest absolute Gasteiger partial charge is 0.511 e. The molecule has 2 aliphatic carbocycles. The maximum absolute atomic E-state index is 13.9. The Morgan fingerprint density at radius 3 is 2.59 bits per heavy atom. The lowest BCUT2D eigenvalue weighted by molar-refractivity contribution is -0.134. The number of carbonyl (C=O) groups is 1. The van der Waals surface area contributed by atoms with Gasteiger partial charge in [0.15, 0.2) is 5.84 Å². The highest BCUT2D eigenvalue weighted by molar-refractivity contribution is 7.92. The van der Waals surface area contributed by atoms with Gasteiger partial charge in [-0.1, -0.05) is 30.3 Å². The topological polar surface area (TPSA) is 145 Å². The molecule has 2 bridgehead atoms. The van der Waals surface area contributed by atoms with Gasteiger partial charge in [0.05, 0.1) is 11.9 Å². The molecule has 0 aromatic heterocycles. The standard InChI is InChI=1S/C25H26N4O6S2/c1-36(32,33)27-17-9-10-18-19(12-17)37(34,35)28-24(26-18)21-23(30)20-15-7-8-16(11-15)22(20)29(25(21)31)13-14-5-3-2-4-6-14/h2-6,9-10,12,15-16,20,22,27,30H,7-8,11,13H2,1H3,(H,26,28)/t15-,16+,20-,22+/m1/s1. The van der Waals surface area contributed by atoms with Gasteiger partial charge >= 0.3 is 0 Å². The van der Waals surface area contributed by atoms with Crippen molar-refractivity contribution < 1.29 is 26.7 Å². The molecule has 37 heavy (non-hydrogen) atoms. The van der Waals surface area contributed by atoms with Crippen LogP contribution in [0, 0.1) is 17.8 Å². The Morgan fingerprint density at radius 1 is 1.14 bits per heavy atom. The van der Waals surface area contributed by atoms with Crippen LogP contribution in [0.3, 0.4) is 0 Å². The van der Waals surface area contributed by atoms with Gasteiger partial charge in [-0.05, 0) is 54.9 Å². The smallest absolute Gasteiger partial charge is 0.286 e. The Balaban J connectivity index is 1.42. The number of hydrogen-bond donors (Lipinski definition) is 3. The summed E-state index contributed by atoms with van der Waals surface area (Å²) in [7, 11) is -7.92. The number of amidine groups is 1. The van der Waals surface area contributed by atoms with Crippen LogP contribution in [0.25, 0.3) is 0 Å². The SMILES string of the molecule is CS(=O)(=O)Nc1ccc2c(c1)S(=O)(=O)N=C(C1=C(O)[C@@H]3[C@@H]4CC[C@@H](C4)[C@@H]3N(Cc3ccccc3)C1=O)N2. The highest BCUT2D eigenvalue weighted by atomic mass is 32.2. The highest BCUT2D eigenvalue weighted by Crippen LogP contribution is 2.55. The normalized spacial score (nSPS) is 27.9. The lowest BCUT2D eigenvalue weighted by Crippen LogP contribution is -2.53. The van der Waals surface area contributed by atoms with Crippen molar-refractivity contribution in [3.05, 3.63) is 65.4 Å². The molecule has 0 radical (unpaired) electrons. The molecule has 194 valence electrons. The summed E-state index contributed by atoms with van der Waals surface area (Å²) in [5.41, 5.74) is 1.03. The molecule has 3 N–H and O–H groups in total. The van der Waals surface area contributed by atoms with Gasteiger partial charge < -0.3 is 15.3 Å². The Kier molecular flexibility index (Phi) is 5.39. The summed E-state index contributed by atoms with van der Waals surface area (Å²) in [6.45, 7) is 0.345. The van der Waals surface area contributed by atoms with Gasteiger partial charge in [0.1, 0.15) is 16.2 Å². The zero-order chi connectivity index (χ0) is 26.1. The fourth-order valence-electron chi connectivity index (χ4n) is 6.37. The van der Waals surface area contributed by atoms with E-state index >= 15 is 0 Å². The van der Waals surface area contributed by atoms with Gasteiger partial charge in [-0.25, -0.2) is 8.42 Å². The molecule has 2 fully saturated rings. The predicted molar refractivity (Wildman–Crippen MR) is 138 cm³/mol. The third-order valence-corrected chi connectivity index (χ3v) is 9.66. The van der Waals surface area contributed by atoms with Gasteiger partial charge in [0.25, 0.3) is 15.9 Å². The number of hydrogen-bond acceptors (Lipinski definition) is 7. The van der Waals surface area contributed by atoms with E-state index in [9.17, 15) is 26.7 Å². The number of nitrogens with one attached hydrogen (secondary N) is 2. The van der Waals surface area contributed by atoms with E-state index in [1.807, 2.05) is 30.3 Å². The fraction of sp³-hybridized carbons (Fsp3) is 0.360. The molecule has 0 unspecified atom stereocenters. The third-order valence-electron chi connectivity index (χ3n) is 7.74. The first kappa shape index (κ1) is 24.0. The number of anilines is 2.